The Labute approximate surface area is 124 Å². The Morgan fingerprint density at radius 1 is 1.14 bits per heavy atom. The van der Waals surface area contributed by atoms with E-state index in [0.717, 1.165) is 11.3 Å². The van der Waals surface area contributed by atoms with E-state index in [9.17, 15) is 9.65 Å². The van der Waals surface area contributed by atoms with Gasteiger partial charge in [0.2, 0.25) is 0 Å². The number of nitriles is 1. The van der Waals surface area contributed by atoms with Gasteiger partial charge in [0.05, 0.1) is 18.6 Å². The smallest absolute Gasteiger partial charge is 0.127 e. The number of aryl methyl sites for hydroxylation is 1. The van der Waals surface area contributed by atoms with E-state index in [-0.39, 0.29) is 5.82 Å². The molecule has 0 radical (unpaired) electrons. The fourth-order valence-corrected chi connectivity index (χ4v) is 2.24. The second-order valence-electron chi connectivity index (χ2n) is 4.96. The Hall–Kier alpha value is -2.34. The molecule has 2 aromatic rings. The minimum atomic E-state index is -0.424. The van der Waals surface area contributed by atoms with E-state index in [1.54, 1.807) is 18.2 Å². The summed E-state index contributed by atoms with van der Waals surface area (Å²) in [6.45, 7) is 2.52. The second-order valence-corrected chi connectivity index (χ2v) is 4.96. The van der Waals surface area contributed by atoms with E-state index in [0.29, 0.717) is 25.0 Å². The third-order valence-corrected chi connectivity index (χ3v) is 3.42. The van der Waals surface area contributed by atoms with Crippen LogP contribution >= 0.6 is 0 Å². The van der Waals surface area contributed by atoms with Crippen LogP contribution in [0.25, 0.3) is 0 Å². The number of hydrogen-bond donors (Lipinski definition) is 0. The zero-order valence-electron chi connectivity index (χ0n) is 12.1. The van der Waals surface area contributed by atoms with Crippen molar-refractivity contribution in [1.82, 2.24) is 0 Å². The highest BCUT2D eigenvalue weighted by Crippen LogP contribution is 2.23. The summed E-state index contributed by atoms with van der Waals surface area (Å²) in [5.74, 6) is 0.118. The normalized spacial score (nSPS) is 11.7. The van der Waals surface area contributed by atoms with Crippen molar-refractivity contribution < 1.29 is 9.13 Å². The highest BCUT2D eigenvalue weighted by Gasteiger charge is 2.14. The number of para-hydroxylation sites is 1. The summed E-state index contributed by atoms with van der Waals surface area (Å²) in [6, 6.07) is 16.4. The first kappa shape index (κ1) is 15.1. The van der Waals surface area contributed by atoms with Gasteiger partial charge >= 0.3 is 0 Å². The van der Waals surface area contributed by atoms with Crippen molar-refractivity contribution in [3.8, 4) is 11.8 Å². The van der Waals surface area contributed by atoms with Crippen LogP contribution in [0, 0.1) is 24.1 Å². The predicted octanol–water partition coefficient (Wildman–Crippen LogP) is 4.60. The topological polar surface area (TPSA) is 33.0 Å². The molecule has 0 aliphatic carbocycles. The Morgan fingerprint density at radius 3 is 2.57 bits per heavy atom. The standard InChI is InChI=1S/C18H18FNO/c1-14-7-2-5-11-18(14)21-12-6-8-15(13-20)16-9-3-4-10-17(16)19/h2-5,7,9-11,15H,6,8,12H2,1H3. The molecule has 0 aliphatic rings. The first-order valence-corrected chi connectivity index (χ1v) is 7.05. The second kappa shape index (κ2) is 7.44. The lowest BCUT2D eigenvalue weighted by Crippen LogP contribution is -2.04. The molecule has 1 atom stereocenters. The van der Waals surface area contributed by atoms with E-state index < -0.39 is 5.92 Å². The van der Waals surface area contributed by atoms with Gasteiger partial charge in [-0.3, -0.25) is 0 Å². The molecule has 0 fully saturated rings. The average molecular weight is 283 g/mol. The van der Waals surface area contributed by atoms with Crippen LogP contribution in [-0.4, -0.2) is 6.61 Å². The van der Waals surface area contributed by atoms with Crippen molar-refractivity contribution >= 4 is 0 Å². The monoisotopic (exact) mass is 283 g/mol. The average Bonchev–Trinajstić information content (AvgIpc) is 2.50. The molecule has 0 aromatic heterocycles. The van der Waals surface area contributed by atoms with E-state index in [2.05, 4.69) is 6.07 Å². The number of halogens is 1. The minimum Gasteiger partial charge on any atom is -0.493 e. The Balaban J connectivity index is 1.86. The molecule has 21 heavy (non-hydrogen) atoms. The van der Waals surface area contributed by atoms with E-state index >= 15 is 0 Å². The highest BCUT2D eigenvalue weighted by molar-refractivity contribution is 5.31. The third-order valence-electron chi connectivity index (χ3n) is 3.42. The maximum absolute atomic E-state index is 13.7. The first-order chi connectivity index (χ1) is 10.2. The molecule has 2 rings (SSSR count). The lowest BCUT2D eigenvalue weighted by Gasteiger charge is -2.12. The first-order valence-electron chi connectivity index (χ1n) is 7.05. The van der Waals surface area contributed by atoms with Gasteiger partial charge in [-0.2, -0.15) is 5.26 Å². The molecule has 0 aliphatic heterocycles. The lowest BCUT2D eigenvalue weighted by atomic mass is 9.95. The van der Waals surface area contributed by atoms with Crippen LogP contribution in [0.4, 0.5) is 4.39 Å². The number of benzene rings is 2. The fourth-order valence-electron chi connectivity index (χ4n) is 2.24. The van der Waals surface area contributed by atoms with E-state index in [1.165, 1.54) is 6.07 Å². The Kier molecular flexibility index (Phi) is 5.34. The highest BCUT2D eigenvalue weighted by atomic mass is 19.1. The van der Waals surface area contributed by atoms with Crippen molar-refractivity contribution in [3.63, 3.8) is 0 Å². The van der Waals surface area contributed by atoms with Crippen molar-refractivity contribution in [2.45, 2.75) is 25.7 Å². The van der Waals surface area contributed by atoms with Crippen molar-refractivity contribution in [3.05, 3.63) is 65.5 Å². The van der Waals surface area contributed by atoms with Crippen LogP contribution in [0.15, 0.2) is 48.5 Å². The third kappa shape index (κ3) is 4.06. The van der Waals surface area contributed by atoms with Gasteiger partial charge in [0.25, 0.3) is 0 Å². The van der Waals surface area contributed by atoms with E-state index in [1.807, 2.05) is 31.2 Å². The Bertz CT molecular complexity index is 633. The van der Waals surface area contributed by atoms with Crippen LogP contribution in [0.2, 0.25) is 0 Å². The van der Waals surface area contributed by atoms with E-state index in [4.69, 9.17) is 4.74 Å². The fraction of sp³-hybridized carbons (Fsp3) is 0.278. The molecule has 108 valence electrons. The molecule has 0 saturated heterocycles. The zero-order valence-corrected chi connectivity index (χ0v) is 12.1. The molecule has 0 saturated carbocycles. The summed E-state index contributed by atoms with van der Waals surface area (Å²) >= 11 is 0. The van der Waals surface area contributed by atoms with Gasteiger partial charge in [0.1, 0.15) is 11.6 Å². The number of nitrogens with zero attached hydrogens (tertiary/aromatic N) is 1. The van der Waals surface area contributed by atoms with Gasteiger partial charge in [0, 0.05) is 5.56 Å². The largest absolute Gasteiger partial charge is 0.493 e. The summed E-state index contributed by atoms with van der Waals surface area (Å²) in [5.41, 5.74) is 1.55. The predicted molar refractivity (Wildman–Crippen MR) is 80.7 cm³/mol. The summed E-state index contributed by atoms with van der Waals surface area (Å²) in [5, 5.41) is 9.21. The number of rotatable bonds is 6. The molecule has 2 aromatic carbocycles. The summed E-state index contributed by atoms with van der Waals surface area (Å²) in [4.78, 5) is 0. The van der Waals surface area contributed by atoms with Gasteiger partial charge in [0.15, 0.2) is 0 Å². The summed E-state index contributed by atoms with van der Waals surface area (Å²) in [6.07, 6.45) is 1.30. The molecule has 0 spiro atoms. The van der Waals surface area contributed by atoms with Gasteiger partial charge < -0.3 is 4.74 Å². The number of ether oxygens (including phenoxy) is 1. The van der Waals surface area contributed by atoms with Crippen molar-refractivity contribution in [1.29, 1.82) is 5.26 Å². The maximum Gasteiger partial charge on any atom is 0.127 e. The van der Waals surface area contributed by atoms with Gasteiger partial charge in [-0.1, -0.05) is 36.4 Å². The molecular weight excluding hydrogens is 265 g/mol. The molecule has 0 N–H and O–H groups in total. The molecule has 2 nitrogen and oxygen atoms in total. The molecule has 0 bridgehead atoms. The molecule has 0 heterocycles. The van der Waals surface area contributed by atoms with Crippen molar-refractivity contribution in [2.75, 3.05) is 6.61 Å². The van der Waals surface area contributed by atoms with Gasteiger partial charge in [-0.15, -0.1) is 0 Å². The summed E-state index contributed by atoms with van der Waals surface area (Å²) in [7, 11) is 0. The minimum absolute atomic E-state index is 0.316. The van der Waals surface area contributed by atoms with Crippen LogP contribution in [0.5, 0.6) is 5.75 Å². The quantitative estimate of drug-likeness (QED) is 0.726. The van der Waals surface area contributed by atoms with Crippen LogP contribution < -0.4 is 4.74 Å². The SMILES string of the molecule is Cc1ccccc1OCCCC(C#N)c1ccccc1F. The summed E-state index contributed by atoms with van der Waals surface area (Å²) < 4.78 is 19.4. The zero-order chi connectivity index (χ0) is 15.1. The molecule has 0 amide bonds. The molecule has 1 unspecified atom stereocenters. The van der Waals surface area contributed by atoms with Crippen molar-refractivity contribution in [2.24, 2.45) is 0 Å². The molecule has 3 heteroatoms. The Morgan fingerprint density at radius 2 is 1.86 bits per heavy atom. The number of hydrogen-bond acceptors (Lipinski definition) is 2. The maximum atomic E-state index is 13.7. The molecular formula is C18H18FNO. The van der Waals surface area contributed by atoms with Crippen LogP contribution in [0.1, 0.15) is 29.9 Å². The van der Waals surface area contributed by atoms with Crippen LogP contribution in [0.3, 0.4) is 0 Å². The van der Waals surface area contributed by atoms with Crippen LogP contribution in [-0.2, 0) is 0 Å². The lowest BCUT2D eigenvalue weighted by molar-refractivity contribution is 0.302. The van der Waals surface area contributed by atoms with Gasteiger partial charge in [-0.05, 0) is 37.5 Å². The van der Waals surface area contributed by atoms with Gasteiger partial charge in [-0.25, -0.2) is 4.39 Å².